The second kappa shape index (κ2) is 8.46. The molecule has 0 radical (unpaired) electrons. The van der Waals surface area contributed by atoms with Gasteiger partial charge in [-0.2, -0.15) is 13.2 Å². The zero-order valence-electron chi connectivity index (χ0n) is 15.9. The molecule has 0 heterocycles. The average Bonchev–Trinajstić information content (AvgIpc) is 2.63. The zero-order valence-corrected chi connectivity index (χ0v) is 15.9. The Morgan fingerprint density at radius 3 is 2.43 bits per heavy atom. The SMILES string of the molecule is CCN(C=O)Cc1cc(C(F)(F)F)ccc1-c1cc(C)cc([C@H](C)C(=O)O)c1. The quantitative estimate of drug-likeness (QED) is 0.685. The van der Waals surface area contributed by atoms with Crippen LogP contribution < -0.4 is 0 Å². The van der Waals surface area contributed by atoms with Crippen LogP contribution in [0.5, 0.6) is 0 Å². The van der Waals surface area contributed by atoms with Crippen molar-refractivity contribution in [2.75, 3.05) is 6.54 Å². The van der Waals surface area contributed by atoms with E-state index in [-0.39, 0.29) is 6.54 Å². The topological polar surface area (TPSA) is 57.6 Å². The number of aryl methyl sites for hydroxylation is 1. The molecule has 28 heavy (non-hydrogen) atoms. The van der Waals surface area contributed by atoms with Gasteiger partial charge in [-0.05, 0) is 55.2 Å². The predicted molar refractivity (Wildman–Crippen MR) is 99.8 cm³/mol. The first-order valence-corrected chi connectivity index (χ1v) is 8.81. The van der Waals surface area contributed by atoms with Gasteiger partial charge in [0.15, 0.2) is 0 Å². The fraction of sp³-hybridized carbons (Fsp3) is 0.333. The van der Waals surface area contributed by atoms with Crippen molar-refractivity contribution in [2.45, 2.75) is 39.4 Å². The van der Waals surface area contributed by atoms with Crippen LogP contribution in [0.2, 0.25) is 0 Å². The average molecular weight is 393 g/mol. The summed E-state index contributed by atoms with van der Waals surface area (Å²) in [4.78, 5) is 23.9. The van der Waals surface area contributed by atoms with Crippen molar-refractivity contribution in [3.8, 4) is 11.1 Å². The fourth-order valence-corrected chi connectivity index (χ4v) is 2.99. The first-order chi connectivity index (χ1) is 13.1. The summed E-state index contributed by atoms with van der Waals surface area (Å²) in [6.07, 6.45) is -3.90. The van der Waals surface area contributed by atoms with E-state index in [1.165, 1.54) is 11.0 Å². The van der Waals surface area contributed by atoms with E-state index in [0.717, 1.165) is 17.7 Å². The van der Waals surface area contributed by atoms with Crippen LogP contribution in [0.3, 0.4) is 0 Å². The third kappa shape index (κ3) is 4.91. The Hall–Kier alpha value is -2.83. The van der Waals surface area contributed by atoms with E-state index in [2.05, 4.69) is 0 Å². The Kier molecular flexibility index (Phi) is 6.48. The molecule has 4 nitrogen and oxygen atoms in total. The van der Waals surface area contributed by atoms with Crippen molar-refractivity contribution in [2.24, 2.45) is 0 Å². The molecular formula is C21H22F3NO3. The molecule has 1 atom stereocenters. The lowest BCUT2D eigenvalue weighted by Gasteiger charge is -2.20. The van der Waals surface area contributed by atoms with E-state index in [1.54, 1.807) is 39.0 Å². The number of carbonyl (C=O) groups is 2. The monoisotopic (exact) mass is 393 g/mol. The molecular weight excluding hydrogens is 371 g/mol. The Bertz CT molecular complexity index is 878. The highest BCUT2D eigenvalue weighted by atomic mass is 19.4. The summed E-state index contributed by atoms with van der Waals surface area (Å²) >= 11 is 0. The summed E-state index contributed by atoms with van der Waals surface area (Å²) in [5.41, 5.74) is 2.08. The Balaban J connectivity index is 2.63. The number of amides is 1. The number of halogens is 3. The maximum atomic E-state index is 13.2. The highest BCUT2D eigenvalue weighted by molar-refractivity contribution is 5.77. The number of carboxylic acids is 1. The van der Waals surface area contributed by atoms with Crippen molar-refractivity contribution in [3.05, 3.63) is 58.7 Å². The van der Waals surface area contributed by atoms with Gasteiger partial charge in [0.2, 0.25) is 6.41 Å². The highest BCUT2D eigenvalue weighted by Crippen LogP contribution is 2.35. The van der Waals surface area contributed by atoms with E-state index in [4.69, 9.17) is 0 Å². The van der Waals surface area contributed by atoms with E-state index in [9.17, 15) is 27.9 Å². The molecule has 0 spiro atoms. The van der Waals surface area contributed by atoms with E-state index in [1.807, 2.05) is 0 Å². The number of hydrogen-bond donors (Lipinski definition) is 1. The first-order valence-electron chi connectivity index (χ1n) is 8.81. The molecule has 0 unspecified atom stereocenters. The summed E-state index contributed by atoms with van der Waals surface area (Å²) in [5, 5.41) is 9.28. The number of rotatable bonds is 7. The van der Waals surface area contributed by atoms with Crippen molar-refractivity contribution >= 4 is 12.4 Å². The minimum atomic E-state index is -4.50. The third-order valence-electron chi connectivity index (χ3n) is 4.64. The molecule has 0 bridgehead atoms. The molecule has 2 rings (SSSR count). The lowest BCUT2D eigenvalue weighted by atomic mass is 9.91. The van der Waals surface area contributed by atoms with Crippen LogP contribution in [0.4, 0.5) is 13.2 Å². The number of benzene rings is 2. The van der Waals surface area contributed by atoms with Gasteiger partial charge >= 0.3 is 12.1 Å². The van der Waals surface area contributed by atoms with Crippen molar-refractivity contribution in [1.29, 1.82) is 0 Å². The van der Waals surface area contributed by atoms with Gasteiger partial charge < -0.3 is 10.0 Å². The van der Waals surface area contributed by atoms with Crippen LogP contribution in [0.15, 0.2) is 36.4 Å². The van der Waals surface area contributed by atoms with Crippen LogP contribution in [-0.2, 0) is 22.3 Å². The molecule has 1 amide bonds. The van der Waals surface area contributed by atoms with Crippen LogP contribution in [0, 0.1) is 6.92 Å². The number of alkyl halides is 3. The summed E-state index contributed by atoms with van der Waals surface area (Å²) in [6, 6.07) is 8.63. The smallest absolute Gasteiger partial charge is 0.416 e. The van der Waals surface area contributed by atoms with Gasteiger partial charge in [-0.3, -0.25) is 9.59 Å². The Labute approximate surface area is 161 Å². The number of hydrogen-bond acceptors (Lipinski definition) is 2. The Morgan fingerprint density at radius 2 is 1.89 bits per heavy atom. The molecule has 2 aromatic rings. The molecule has 2 aromatic carbocycles. The standard InChI is InChI=1S/C21H22F3NO3/c1-4-25(12-26)11-17-10-18(21(22,23)24)5-6-19(17)16-8-13(2)7-15(9-16)14(3)20(27)28/h5-10,12,14H,4,11H2,1-3H3,(H,27,28)/t14-/m0/s1. The zero-order chi connectivity index (χ0) is 21.1. The molecule has 0 saturated carbocycles. The lowest BCUT2D eigenvalue weighted by Crippen LogP contribution is -2.21. The van der Waals surface area contributed by atoms with Crippen LogP contribution in [0.25, 0.3) is 11.1 Å². The summed E-state index contributed by atoms with van der Waals surface area (Å²) in [6.45, 7) is 5.47. The van der Waals surface area contributed by atoms with Gasteiger partial charge in [0, 0.05) is 13.1 Å². The summed E-state index contributed by atoms with van der Waals surface area (Å²) in [7, 11) is 0. The van der Waals surface area contributed by atoms with Crippen molar-refractivity contribution in [3.63, 3.8) is 0 Å². The third-order valence-corrected chi connectivity index (χ3v) is 4.64. The van der Waals surface area contributed by atoms with Crippen LogP contribution in [-0.4, -0.2) is 28.9 Å². The van der Waals surface area contributed by atoms with Gasteiger partial charge in [-0.15, -0.1) is 0 Å². The van der Waals surface area contributed by atoms with E-state index >= 15 is 0 Å². The first kappa shape index (κ1) is 21.5. The normalized spacial score (nSPS) is 12.5. The maximum Gasteiger partial charge on any atom is 0.416 e. The summed E-state index contributed by atoms with van der Waals surface area (Å²) < 4.78 is 39.5. The maximum absolute atomic E-state index is 13.2. The van der Waals surface area contributed by atoms with Crippen molar-refractivity contribution in [1.82, 2.24) is 4.90 Å². The molecule has 150 valence electrons. The number of carbonyl (C=O) groups excluding carboxylic acids is 1. The minimum Gasteiger partial charge on any atom is -0.481 e. The van der Waals surface area contributed by atoms with Gasteiger partial charge in [0.05, 0.1) is 11.5 Å². The predicted octanol–water partition coefficient (Wildman–Crippen LogP) is 4.85. The lowest BCUT2D eigenvalue weighted by molar-refractivity contribution is -0.139. The molecule has 7 heteroatoms. The molecule has 0 fully saturated rings. The highest BCUT2D eigenvalue weighted by Gasteiger charge is 2.31. The second-order valence-corrected chi connectivity index (χ2v) is 6.73. The van der Waals surface area contributed by atoms with Gasteiger partial charge in [-0.25, -0.2) is 0 Å². The summed E-state index contributed by atoms with van der Waals surface area (Å²) in [5.74, 6) is -1.74. The number of carboxylic acid groups (broad SMARTS) is 1. The Morgan fingerprint density at radius 1 is 1.21 bits per heavy atom. The molecule has 0 aliphatic heterocycles. The fourth-order valence-electron chi connectivity index (χ4n) is 2.99. The number of nitrogens with zero attached hydrogens (tertiary/aromatic N) is 1. The second-order valence-electron chi connectivity index (χ2n) is 6.73. The number of aliphatic carboxylic acids is 1. The molecule has 0 aliphatic rings. The van der Waals surface area contributed by atoms with E-state index in [0.29, 0.717) is 35.2 Å². The van der Waals surface area contributed by atoms with Crippen LogP contribution in [0.1, 0.15) is 42.0 Å². The van der Waals surface area contributed by atoms with Gasteiger partial charge in [0.1, 0.15) is 0 Å². The molecule has 1 N–H and O–H groups in total. The van der Waals surface area contributed by atoms with Gasteiger partial charge in [-0.1, -0.05) is 29.8 Å². The molecule has 0 saturated heterocycles. The minimum absolute atomic E-state index is 0.0248. The molecule has 0 aliphatic carbocycles. The van der Waals surface area contributed by atoms with E-state index < -0.39 is 23.6 Å². The largest absolute Gasteiger partial charge is 0.481 e. The molecule has 0 aromatic heterocycles. The van der Waals surface area contributed by atoms with Crippen molar-refractivity contribution < 1.29 is 27.9 Å². The van der Waals surface area contributed by atoms with Gasteiger partial charge in [0.25, 0.3) is 0 Å². The van der Waals surface area contributed by atoms with Crippen LogP contribution >= 0.6 is 0 Å².